The summed E-state index contributed by atoms with van der Waals surface area (Å²) in [4.78, 5) is 0. The molecule has 0 atom stereocenters. The van der Waals surface area contributed by atoms with Gasteiger partial charge in [-0.3, -0.25) is 0 Å². The van der Waals surface area contributed by atoms with Crippen LogP contribution >= 0.6 is 0 Å². The summed E-state index contributed by atoms with van der Waals surface area (Å²) in [5.74, 6) is 0.540. The number of para-hydroxylation sites is 1. The monoisotopic (exact) mass is 238 g/mol. The van der Waals surface area contributed by atoms with E-state index in [1.807, 2.05) is 19.1 Å². The van der Waals surface area contributed by atoms with E-state index in [1.54, 1.807) is 24.3 Å². The van der Waals surface area contributed by atoms with Crippen LogP contribution in [0.4, 0.5) is 5.69 Å². The van der Waals surface area contributed by atoms with Gasteiger partial charge in [-0.25, -0.2) is 0 Å². The Bertz CT molecular complexity index is 595. The predicted octanol–water partition coefficient (Wildman–Crippen LogP) is 2.24. The van der Waals surface area contributed by atoms with Gasteiger partial charge in [-0.15, -0.1) is 0 Å². The standard InChI is InChI=1S/C13H10N4O/c1-9-4-3-5-12(18-2)13(9)17-11(8-16)10(6-14)7-15/h3-5,17H,1-2H3. The first-order chi connectivity index (χ1) is 8.67. The first-order valence-electron chi connectivity index (χ1n) is 5.03. The summed E-state index contributed by atoms with van der Waals surface area (Å²) in [5, 5.41) is 29.2. The van der Waals surface area contributed by atoms with Gasteiger partial charge in [0.15, 0.2) is 5.57 Å². The van der Waals surface area contributed by atoms with Gasteiger partial charge in [0.05, 0.1) is 12.8 Å². The van der Waals surface area contributed by atoms with Crippen molar-refractivity contribution in [3.8, 4) is 24.0 Å². The molecule has 5 heteroatoms. The molecule has 88 valence electrons. The highest BCUT2D eigenvalue weighted by Crippen LogP contribution is 2.29. The van der Waals surface area contributed by atoms with Crippen molar-refractivity contribution in [3.05, 3.63) is 35.0 Å². The lowest BCUT2D eigenvalue weighted by Gasteiger charge is -2.12. The zero-order chi connectivity index (χ0) is 13.5. The fraction of sp³-hybridized carbons (Fsp3) is 0.154. The van der Waals surface area contributed by atoms with Crippen LogP contribution in [0.15, 0.2) is 29.5 Å². The third kappa shape index (κ3) is 2.58. The average Bonchev–Trinajstić information content (AvgIpc) is 2.40. The van der Waals surface area contributed by atoms with Crippen LogP contribution in [0.5, 0.6) is 5.75 Å². The number of rotatable bonds is 3. The number of methoxy groups -OCH3 is 1. The summed E-state index contributed by atoms with van der Waals surface area (Å²) in [6.07, 6.45) is 0. The molecule has 1 N–H and O–H groups in total. The maximum Gasteiger partial charge on any atom is 0.163 e. The molecule has 0 heterocycles. The van der Waals surface area contributed by atoms with Crippen molar-refractivity contribution in [3.63, 3.8) is 0 Å². The minimum absolute atomic E-state index is 0.0902. The van der Waals surface area contributed by atoms with Gasteiger partial charge < -0.3 is 10.1 Å². The molecule has 0 bridgehead atoms. The number of hydrogen-bond donors (Lipinski definition) is 1. The van der Waals surface area contributed by atoms with Crippen LogP contribution in [0, 0.1) is 40.9 Å². The molecule has 18 heavy (non-hydrogen) atoms. The highest BCUT2D eigenvalue weighted by Gasteiger charge is 2.11. The van der Waals surface area contributed by atoms with Crippen LogP contribution in [-0.2, 0) is 0 Å². The third-order valence-corrected chi connectivity index (χ3v) is 2.29. The lowest BCUT2D eigenvalue weighted by atomic mass is 10.1. The first kappa shape index (κ1) is 13.1. The summed E-state index contributed by atoms with van der Waals surface area (Å²) in [6, 6.07) is 10.5. The van der Waals surface area contributed by atoms with E-state index in [0.29, 0.717) is 11.4 Å². The molecular weight excluding hydrogens is 228 g/mol. The van der Waals surface area contributed by atoms with E-state index in [1.165, 1.54) is 7.11 Å². The predicted molar refractivity (Wildman–Crippen MR) is 65.2 cm³/mol. The van der Waals surface area contributed by atoms with Gasteiger partial charge in [-0.2, -0.15) is 15.8 Å². The van der Waals surface area contributed by atoms with Gasteiger partial charge in [0.25, 0.3) is 0 Å². The summed E-state index contributed by atoms with van der Waals surface area (Å²) >= 11 is 0. The fourth-order valence-corrected chi connectivity index (χ4v) is 1.38. The van der Waals surface area contributed by atoms with Crippen LogP contribution in [0.25, 0.3) is 0 Å². The van der Waals surface area contributed by atoms with Gasteiger partial charge in [-0.05, 0) is 18.6 Å². The third-order valence-electron chi connectivity index (χ3n) is 2.29. The van der Waals surface area contributed by atoms with Crippen LogP contribution in [0.1, 0.15) is 5.56 Å². The Hall–Kier alpha value is -2.97. The van der Waals surface area contributed by atoms with Crippen molar-refractivity contribution in [2.45, 2.75) is 6.92 Å². The first-order valence-corrected chi connectivity index (χ1v) is 5.03. The number of nitriles is 3. The molecule has 0 aliphatic carbocycles. The van der Waals surface area contributed by atoms with Crippen molar-refractivity contribution in [2.24, 2.45) is 0 Å². The largest absolute Gasteiger partial charge is 0.495 e. The SMILES string of the molecule is COc1cccc(C)c1NC(C#N)=C(C#N)C#N. The van der Waals surface area contributed by atoms with Crippen molar-refractivity contribution in [1.29, 1.82) is 15.8 Å². The van der Waals surface area contributed by atoms with Gasteiger partial charge in [0, 0.05) is 0 Å². The smallest absolute Gasteiger partial charge is 0.163 e. The van der Waals surface area contributed by atoms with E-state index < -0.39 is 0 Å². The van der Waals surface area contributed by atoms with Crippen LogP contribution in [0.2, 0.25) is 0 Å². The molecule has 0 aliphatic heterocycles. The molecule has 1 aromatic rings. The normalized spacial score (nSPS) is 8.39. The second-order valence-electron chi connectivity index (χ2n) is 3.36. The van der Waals surface area contributed by atoms with E-state index in [-0.39, 0.29) is 11.3 Å². The quantitative estimate of drug-likeness (QED) is 0.815. The summed E-state index contributed by atoms with van der Waals surface area (Å²) in [6.45, 7) is 1.83. The van der Waals surface area contributed by atoms with Gasteiger partial charge in [-0.1, -0.05) is 12.1 Å². The minimum atomic E-state index is -0.261. The summed E-state index contributed by atoms with van der Waals surface area (Å²) in [7, 11) is 1.51. The van der Waals surface area contributed by atoms with Crippen molar-refractivity contribution < 1.29 is 4.74 Å². The molecule has 1 rings (SSSR count). The Kier molecular flexibility index (Phi) is 4.32. The molecule has 0 spiro atoms. The highest BCUT2D eigenvalue weighted by molar-refractivity contribution is 5.67. The Morgan fingerprint density at radius 2 is 1.83 bits per heavy atom. The van der Waals surface area contributed by atoms with Crippen molar-refractivity contribution >= 4 is 5.69 Å². The van der Waals surface area contributed by atoms with Gasteiger partial charge in [0.1, 0.15) is 29.7 Å². The molecule has 0 radical (unpaired) electrons. The number of anilines is 1. The number of ether oxygens (including phenoxy) is 1. The minimum Gasteiger partial charge on any atom is -0.495 e. The number of hydrogen-bond acceptors (Lipinski definition) is 5. The summed E-state index contributed by atoms with van der Waals surface area (Å²) < 4.78 is 5.16. The molecule has 0 unspecified atom stereocenters. The number of nitrogens with one attached hydrogen (secondary N) is 1. The lowest BCUT2D eigenvalue weighted by Crippen LogP contribution is -2.04. The summed E-state index contributed by atoms with van der Waals surface area (Å²) in [5.41, 5.74) is 1.06. The Morgan fingerprint density at radius 1 is 1.17 bits per heavy atom. The number of aryl methyl sites for hydroxylation is 1. The van der Waals surface area contributed by atoms with Crippen molar-refractivity contribution in [2.75, 3.05) is 12.4 Å². The van der Waals surface area contributed by atoms with Gasteiger partial charge >= 0.3 is 0 Å². The molecule has 0 fully saturated rings. The zero-order valence-electron chi connectivity index (χ0n) is 9.98. The second-order valence-corrected chi connectivity index (χ2v) is 3.36. The maximum absolute atomic E-state index is 8.96. The van der Waals surface area contributed by atoms with Gasteiger partial charge in [0.2, 0.25) is 0 Å². The maximum atomic E-state index is 8.96. The fourth-order valence-electron chi connectivity index (χ4n) is 1.38. The molecule has 0 amide bonds. The molecule has 1 aromatic carbocycles. The van der Waals surface area contributed by atoms with Crippen LogP contribution < -0.4 is 10.1 Å². The molecular formula is C13H10N4O. The van der Waals surface area contributed by atoms with E-state index in [4.69, 9.17) is 20.5 Å². The Balaban J connectivity index is 3.29. The van der Waals surface area contributed by atoms with Crippen molar-refractivity contribution in [1.82, 2.24) is 0 Å². The molecule has 0 aliphatic rings. The van der Waals surface area contributed by atoms with E-state index >= 15 is 0 Å². The molecule has 5 nitrogen and oxygen atoms in total. The lowest BCUT2D eigenvalue weighted by molar-refractivity contribution is 0.416. The zero-order valence-corrected chi connectivity index (χ0v) is 9.98. The number of benzene rings is 1. The number of nitrogens with zero attached hydrogens (tertiary/aromatic N) is 3. The van der Waals surface area contributed by atoms with E-state index in [0.717, 1.165) is 5.56 Å². The van der Waals surface area contributed by atoms with Crippen LogP contribution in [0.3, 0.4) is 0 Å². The second kappa shape index (κ2) is 5.94. The molecule has 0 aromatic heterocycles. The van der Waals surface area contributed by atoms with E-state index in [2.05, 4.69) is 5.32 Å². The highest BCUT2D eigenvalue weighted by atomic mass is 16.5. The Labute approximate surface area is 105 Å². The Morgan fingerprint density at radius 3 is 2.33 bits per heavy atom. The molecule has 0 saturated carbocycles. The van der Waals surface area contributed by atoms with E-state index in [9.17, 15) is 0 Å². The topological polar surface area (TPSA) is 92.6 Å². The van der Waals surface area contributed by atoms with Crippen LogP contribution in [-0.4, -0.2) is 7.11 Å². The average molecular weight is 238 g/mol. The number of allylic oxidation sites excluding steroid dienone is 2. The molecule has 0 saturated heterocycles.